The molecule has 158 valence electrons. The third kappa shape index (κ3) is 4.76. The average Bonchev–Trinajstić information content (AvgIpc) is 3.45. The molecule has 3 aromatic rings. The molecule has 0 N–H and O–H groups in total. The van der Waals surface area contributed by atoms with Crippen LogP contribution in [0.15, 0.2) is 64.8 Å². The summed E-state index contributed by atoms with van der Waals surface area (Å²) >= 11 is 1.69. The molecular formula is C22H25FN4O2S. The largest absolute Gasteiger partial charge is 0.472 e. The van der Waals surface area contributed by atoms with E-state index in [1.165, 1.54) is 12.1 Å². The summed E-state index contributed by atoms with van der Waals surface area (Å²) < 4.78 is 20.8. The van der Waals surface area contributed by atoms with Crippen molar-refractivity contribution in [2.75, 3.05) is 13.6 Å². The number of aromatic nitrogens is 2. The number of thioether (sulfide) groups is 1. The van der Waals surface area contributed by atoms with E-state index < -0.39 is 0 Å². The summed E-state index contributed by atoms with van der Waals surface area (Å²) in [4.78, 5) is 21.6. The number of imidazole rings is 1. The molecule has 0 unspecified atom stereocenters. The standard InChI is InChI=1S/C22H25FN4O2S/c1-25-8-7-24-22(25)30-19-11-20(21(28)26(2)12-17-6-9-29-15-17)27(14-19)13-16-4-3-5-18(23)10-16/h3-10,15,19-20H,11-14H2,1-2H3/t19-,20+/m1/s1. The highest BCUT2D eigenvalue weighted by Gasteiger charge is 2.39. The first-order chi connectivity index (χ1) is 14.5. The van der Waals surface area contributed by atoms with Crippen LogP contribution in [-0.4, -0.2) is 50.1 Å². The minimum Gasteiger partial charge on any atom is -0.472 e. The molecule has 0 bridgehead atoms. The zero-order chi connectivity index (χ0) is 21.1. The minimum absolute atomic E-state index is 0.0653. The van der Waals surface area contributed by atoms with Gasteiger partial charge in [0.2, 0.25) is 5.91 Å². The van der Waals surface area contributed by atoms with Crippen molar-refractivity contribution < 1.29 is 13.6 Å². The molecule has 1 saturated heterocycles. The summed E-state index contributed by atoms with van der Waals surface area (Å²) in [6, 6.07) is 8.19. The Labute approximate surface area is 179 Å². The normalized spacial score (nSPS) is 19.3. The van der Waals surface area contributed by atoms with Gasteiger partial charge in [-0.05, 0) is 30.2 Å². The Morgan fingerprint density at radius 2 is 2.23 bits per heavy atom. The molecule has 0 radical (unpaired) electrons. The van der Waals surface area contributed by atoms with Crippen LogP contribution < -0.4 is 0 Å². The Hall–Kier alpha value is -2.58. The molecule has 4 rings (SSSR count). The monoisotopic (exact) mass is 428 g/mol. The molecule has 0 aliphatic carbocycles. The molecule has 1 aliphatic rings. The second-order valence-electron chi connectivity index (χ2n) is 7.70. The number of rotatable bonds is 7. The Balaban J connectivity index is 1.50. The maximum atomic E-state index is 13.7. The molecule has 8 heteroatoms. The van der Waals surface area contributed by atoms with E-state index in [-0.39, 0.29) is 23.0 Å². The quantitative estimate of drug-likeness (QED) is 0.576. The van der Waals surface area contributed by atoms with Crippen molar-refractivity contribution in [3.05, 3.63) is 72.2 Å². The van der Waals surface area contributed by atoms with Crippen molar-refractivity contribution in [3.63, 3.8) is 0 Å². The SMILES string of the molecule is CN(Cc1ccoc1)C(=O)[C@@H]1C[C@@H](Sc2nccn2C)CN1Cc1cccc(F)c1. The summed E-state index contributed by atoms with van der Waals surface area (Å²) in [6.45, 7) is 1.77. The third-order valence-corrected chi connectivity index (χ3v) is 6.63. The Morgan fingerprint density at radius 1 is 1.37 bits per heavy atom. The van der Waals surface area contributed by atoms with Gasteiger partial charge in [0.05, 0.1) is 18.6 Å². The summed E-state index contributed by atoms with van der Waals surface area (Å²) in [5.41, 5.74) is 1.83. The van der Waals surface area contributed by atoms with Crippen molar-refractivity contribution in [3.8, 4) is 0 Å². The maximum Gasteiger partial charge on any atom is 0.240 e. The lowest BCUT2D eigenvalue weighted by atomic mass is 10.1. The number of nitrogens with zero attached hydrogens (tertiary/aromatic N) is 4. The van der Waals surface area contributed by atoms with Gasteiger partial charge in [0.25, 0.3) is 0 Å². The Kier molecular flexibility index (Phi) is 6.24. The van der Waals surface area contributed by atoms with Crippen LogP contribution in [0.3, 0.4) is 0 Å². The van der Waals surface area contributed by atoms with E-state index in [1.54, 1.807) is 41.5 Å². The molecule has 1 aliphatic heterocycles. The lowest BCUT2D eigenvalue weighted by Crippen LogP contribution is -2.43. The van der Waals surface area contributed by atoms with E-state index in [1.807, 2.05) is 37.0 Å². The van der Waals surface area contributed by atoms with Crippen LogP contribution in [0.2, 0.25) is 0 Å². The van der Waals surface area contributed by atoms with Crippen LogP contribution >= 0.6 is 11.8 Å². The van der Waals surface area contributed by atoms with Crippen molar-refractivity contribution in [2.45, 2.75) is 36.0 Å². The van der Waals surface area contributed by atoms with Crippen molar-refractivity contribution >= 4 is 17.7 Å². The van der Waals surface area contributed by atoms with Gasteiger partial charge in [0.1, 0.15) is 5.82 Å². The molecule has 2 aromatic heterocycles. The molecule has 0 saturated carbocycles. The predicted octanol–water partition coefficient (Wildman–Crippen LogP) is 3.55. The molecule has 1 aromatic carbocycles. The number of carbonyl (C=O) groups is 1. The molecule has 2 atom stereocenters. The van der Waals surface area contributed by atoms with E-state index in [9.17, 15) is 9.18 Å². The van der Waals surface area contributed by atoms with Gasteiger partial charge >= 0.3 is 0 Å². The fraction of sp³-hybridized carbons (Fsp3) is 0.364. The second kappa shape index (κ2) is 9.06. The number of furan rings is 1. The van der Waals surface area contributed by atoms with Gasteiger partial charge in [0.15, 0.2) is 5.16 Å². The van der Waals surface area contributed by atoms with Crippen molar-refractivity contribution in [1.29, 1.82) is 0 Å². The lowest BCUT2D eigenvalue weighted by Gasteiger charge is -2.27. The first kappa shape index (κ1) is 20.7. The van der Waals surface area contributed by atoms with Crippen LogP contribution in [0.4, 0.5) is 4.39 Å². The van der Waals surface area contributed by atoms with E-state index in [0.717, 1.165) is 29.2 Å². The van der Waals surface area contributed by atoms with Crippen molar-refractivity contribution in [2.24, 2.45) is 7.05 Å². The van der Waals surface area contributed by atoms with Gasteiger partial charge in [-0.1, -0.05) is 23.9 Å². The topological polar surface area (TPSA) is 54.5 Å². The van der Waals surface area contributed by atoms with Crippen LogP contribution in [0.5, 0.6) is 0 Å². The molecule has 3 heterocycles. The zero-order valence-electron chi connectivity index (χ0n) is 17.1. The number of benzene rings is 1. The van der Waals surface area contributed by atoms with Crippen LogP contribution in [0.1, 0.15) is 17.5 Å². The minimum atomic E-state index is -0.261. The van der Waals surface area contributed by atoms with Crippen LogP contribution in [0, 0.1) is 5.82 Å². The summed E-state index contributed by atoms with van der Waals surface area (Å²) in [5.74, 6) is -0.193. The predicted molar refractivity (Wildman–Crippen MR) is 113 cm³/mol. The lowest BCUT2D eigenvalue weighted by molar-refractivity contribution is -0.135. The smallest absolute Gasteiger partial charge is 0.240 e. The molecule has 6 nitrogen and oxygen atoms in total. The first-order valence-corrected chi connectivity index (χ1v) is 10.8. The average molecular weight is 429 g/mol. The molecule has 1 fully saturated rings. The highest BCUT2D eigenvalue weighted by Crippen LogP contribution is 2.33. The highest BCUT2D eigenvalue weighted by molar-refractivity contribution is 7.99. The van der Waals surface area contributed by atoms with Gasteiger partial charge in [-0.2, -0.15) is 0 Å². The number of likely N-dealkylation sites (N-methyl/N-ethyl adjacent to an activating group) is 1. The summed E-state index contributed by atoms with van der Waals surface area (Å²) in [7, 11) is 3.78. The molecule has 1 amide bonds. The van der Waals surface area contributed by atoms with Gasteiger partial charge in [0, 0.05) is 56.9 Å². The number of carbonyl (C=O) groups excluding carboxylic acids is 1. The number of hydrogen-bond acceptors (Lipinski definition) is 5. The van der Waals surface area contributed by atoms with Gasteiger partial charge < -0.3 is 13.9 Å². The molecule has 30 heavy (non-hydrogen) atoms. The van der Waals surface area contributed by atoms with Gasteiger partial charge in [-0.25, -0.2) is 9.37 Å². The number of halogens is 1. The fourth-order valence-corrected chi connectivity index (χ4v) is 5.04. The number of amides is 1. The zero-order valence-corrected chi connectivity index (χ0v) is 17.9. The molecule has 0 spiro atoms. The summed E-state index contributed by atoms with van der Waals surface area (Å²) in [6.07, 6.45) is 7.69. The van der Waals surface area contributed by atoms with Crippen LogP contribution in [0.25, 0.3) is 0 Å². The van der Waals surface area contributed by atoms with Crippen LogP contribution in [-0.2, 0) is 24.9 Å². The third-order valence-electron chi connectivity index (χ3n) is 5.35. The highest BCUT2D eigenvalue weighted by atomic mass is 32.2. The fourth-order valence-electron chi connectivity index (χ4n) is 3.85. The number of likely N-dealkylation sites (tertiary alicyclic amines) is 1. The van der Waals surface area contributed by atoms with E-state index in [0.29, 0.717) is 13.1 Å². The van der Waals surface area contributed by atoms with Gasteiger partial charge in [-0.3, -0.25) is 9.69 Å². The second-order valence-corrected chi connectivity index (χ2v) is 8.96. The Bertz CT molecular complexity index is 991. The number of aryl methyl sites for hydroxylation is 1. The molecular weight excluding hydrogens is 403 g/mol. The van der Waals surface area contributed by atoms with Gasteiger partial charge in [-0.15, -0.1) is 0 Å². The number of hydrogen-bond donors (Lipinski definition) is 0. The van der Waals surface area contributed by atoms with E-state index >= 15 is 0 Å². The first-order valence-electron chi connectivity index (χ1n) is 9.88. The maximum absolute atomic E-state index is 13.7. The van der Waals surface area contributed by atoms with E-state index in [2.05, 4.69) is 9.88 Å². The van der Waals surface area contributed by atoms with Crippen molar-refractivity contribution in [1.82, 2.24) is 19.4 Å². The Morgan fingerprint density at radius 3 is 2.93 bits per heavy atom. The summed E-state index contributed by atoms with van der Waals surface area (Å²) in [5, 5.41) is 1.17. The van der Waals surface area contributed by atoms with E-state index in [4.69, 9.17) is 4.42 Å².